The molecule has 6 heteroatoms. The van der Waals surface area contributed by atoms with Crippen LogP contribution in [0.15, 0.2) is 18.2 Å². The van der Waals surface area contributed by atoms with Crippen LogP contribution in [-0.2, 0) is 4.79 Å². The van der Waals surface area contributed by atoms with E-state index in [0.717, 1.165) is 18.7 Å². The third-order valence-electron chi connectivity index (χ3n) is 4.06. The Bertz CT molecular complexity index is 612. The molecule has 1 heterocycles. The van der Waals surface area contributed by atoms with Crippen molar-refractivity contribution in [3.63, 3.8) is 0 Å². The van der Waals surface area contributed by atoms with Crippen molar-refractivity contribution >= 4 is 23.2 Å². The number of anilines is 1. The molecule has 1 N–H and O–H groups in total. The second-order valence-corrected chi connectivity index (χ2v) is 6.67. The van der Waals surface area contributed by atoms with Crippen molar-refractivity contribution in [3.05, 3.63) is 28.8 Å². The molecule has 1 aliphatic heterocycles. The van der Waals surface area contributed by atoms with Gasteiger partial charge >= 0.3 is 0 Å². The minimum absolute atomic E-state index is 0.192. The summed E-state index contributed by atoms with van der Waals surface area (Å²) in [6.45, 7) is 5.94. The Kier molecular flexibility index (Phi) is 5.86. The van der Waals surface area contributed by atoms with Crippen molar-refractivity contribution in [2.45, 2.75) is 26.3 Å². The molecule has 124 valence electrons. The number of carbonyl (C=O) groups excluding carboxylic acids is 1. The number of likely N-dealkylation sites (tertiary alicyclic amines) is 1. The van der Waals surface area contributed by atoms with E-state index in [2.05, 4.69) is 24.8 Å². The molecule has 0 saturated carbocycles. The summed E-state index contributed by atoms with van der Waals surface area (Å²) < 4.78 is 0. The summed E-state index contributed by atoms with van der Waals surface area (Å²) in [5.41, 5.74) is 1.43. The summed E-state index contributed by atoms with van der Waals surface area (Å²) >= 11 is 6.17. The molecule has 0 bridgehead atoms. The van der Waals surface area contributed by atoms with Gasteiger partial charge in [-0.3, -0.25) is 4.79 Å². The Morgan fingerprint density at radius 1 is 1.57 bits per heavy atom. The Balaban J connectivity index is 2.23. The van der Waals surface area contributed by atoms with E-state index in [9.17, 15) is 4.79 Å². The first kappa shape index (κ1) is 17.6. The van der Waals surface area contributed by atoms with Crippen molar-refractivity contribution < 1.29 is 9.90 Å². The lowest BCUT2D eigenvalue weighted by molar-refractivity contribution is -0.133. The number of hydrogen-bond donors (Lipinski definition) is 1. The van der Waals surface area contributed by atoms with Gasteiger partial charge in [0.2, 0.25) is 5.91 Å². The predicted molar refractivity (Wildman–Crippen MR) is 90.4 cm³/mol. The maximum absolute atomic E-state index is 11.7. The van der Waals surface area contributed by atoms with Gasteiger partial charge < -0.3 is 14.9 Å². The number of nitriles is 1. The monoisotopic (exact) mass is 335 g/mol. The summed E-state index contributed by atoms with van der Waals surface area (Å²) in [5.74, 6) is 0.224. The van der Waals surface area contributed by atoms with Gasteiger partial charge in [0.1, 0.15) is 12.7 Å². The number of nitrogens with zero attached hydrogens (tertiary/aromatic N) is 3. The van der Waals surface area contributed by atoms with Crippen LogP contribution in [0.3, 0.4) is 0 Å². The number of aliphatic hydroxyl groups excluding tert-OH is 1. The van der Waals surface area contributed by atoms with Crippen LogP contribution >= 0.6 is 11.6 Å². The lowest BCUT2D eigenvalue weighted by atomic mass is 10.1. The van der Waals surface area contributed by atoms with Gasteiger partial charge in [-0.15, -0.1) is 0 Å². The van der Waals surface area contributed by atoms with Crippen LogP contribution in [0.25, 0.3) is 0 Å². The van der Waals surface area contributed by atoms with E-state index in [1.54, 1.807) is 11.0 Å². The highest BCUT2D eigenvalue weighted by molar-refractivity contribution is 6.32. The molecular weight excluding hydrogens is 314 g/mol. The number of benzene rings is 1. The van der Waals surface area contributed by atoms with Gasteiger partial charge in [-0.2, -0.15) is 5.26 Å². The van der Waals surface area contributed by atoms with E-state index in [1.807, 2.05) is 12.1 Å². The van der Waals surface area contributed by atoms with Gasteiger partial charge in [0, 0.05) is 31.4 Å². The van der Waals surface area contributed by atoms with Crippen molar-refractivity contribution in [2.75, 3.05) is 31.1 Å². The summed E-state index contributed by atoms with van der Waals surface area (Å²) in [4.78, 5) is 15.6. The number of hydrogen-bond acceptors (Lipinski definition) is 4. The van der Waals surface area contributed by atoms with Gasteiger partial charge in [-0.1, -0.05) is 25.4 Å². The smallest absolute Gasteiger partial charge is 0.248 e. The summed E-state index contributed by atoms with van der Waals surface area (Å²) in [6.07, 6.45) is 0.857. The Hall–Kier alpha value is -1.77. The van der Waals surface area contributed by atoms with Crippen LogP contribution < -0.4 is 4.90 Å². The van der Waals surface area contributed by atoms with E-state index < -0.39 is 6.61 Å². The molecule has 1 atom stereocenters. The quantitative estimate of drug-likeness (QED) is 0.896. The minimum atomic E-state index is -0.445. The Morgan fingerprint density at radius 3 is 2.87 bits per heavy atom. The van der Waals surface area contributed by atoms with Crippen molar-refractivity contribution in [3.8, 4) is 6.07 Å². The van der Waals surface area contributed by atoms with Crippen LogP contribution in [0, 0.1) is 17.2 Å². The predicted octanol–water partition coefficient (Wildman–Crippen LogP) is 2.27. The third kappa shape index (κ3) is 4.15. The molecule has 0 spiro atoms. The van der Waals surface area contributed by atoms with Crippen molar-refractivity contribution in [1.82, 2.24) is 4.90 Å². The molecule has 1 unspecified atom stereocenters. The first-order chi connectivity index (χ1) is 11.0. The molecular formula is C17H22ClN3O2. The molecule has 1 fully saturated rings. The average molecular weight is 336 g/mol. The second kappa shape index (κ2) is 7.67. The summed E-state index contributed by atoms with van der Waals surface area (Å²) in [7, 11) is 0. The molecule has 0 aromatic heterocycles. The lowest BCUT2D eigenvalue weighted by Gasteiger charge is -2.33. The highest BCUT2D eigenvalue weighted by atomic mass is 35.5. The van der Waals surface area contributed by atoms with E-state index in [4.69, 9.17) is 22.0 Å². The van der Waals surface area contributed by atoms with Gasteiger partial charge in [0.25, 0.3) is 0 Å². The first-order valence-corrected chi connectivity index (χ1v) is 8.19. The highest BCUT2D eigenvalue weighted by Gasteiger charge is 2.30. The van der Waals surface area contributed by atoms with E-state index >= 15 is 0 Å². The molecule has 0 radical (unpaired) electrons. The molecule has 1 aromatic rings. The van der Waals surface area contributed by atoms with E-state index in [-0.39, 0.29) is 11.9 Å². The van der Waals surface area contributed by atoms with Crippen molar-refractivity contribution in [2.24, 2.45) is 5.92 Å². The molecule has 1 amide bonds. The molecule has 0 aliphatic carbocycles. The van der Waals surface area contributed by atoms with Gasteiger partial charge in [0.15, 0.2) is 0 Å². The fourth-order valence-electron chi connectivity index (χ4n) is 2.95. The normalized spacial score (nSPS) is 17.4. The number of carbonyl (C=O) groups is 1. The topological polar surface area (TPSA) is 67.6 Å². The van der Waals surface area contributed by atoms with Crippen LogP contribution in [0.1, 0.15) is 25.8 Å². The number of halogens is 1. The highest BCUT2D eigenvalue weighted by Crippen LogP contribution is 2.28. The molecule has 1 aromatic carbocycles. The summed E-state index contributed by atoms with van der Waals surface area (Å²) in [5, 5.41) is 18.5. The first-order valence-electron chi connectivity index (χ1n) is 7.81. The van der Waals surface area contributed by atoms with Gasteiger partial charge in [0.05, 0.1) is 10.6 Å². The molecule has 5 nitrogen and oxygen atoms in total. The third-order valence-corrected chi connectivity index (χ3v) is 4.37. The molecule has 1 saturated heterocycles. The van der Waals surface area contributed by atoms with Gasteiger partial charge in [-0.05, 0) is 30.5 Å². The fraction of sp³-hybridized carbons (Fsp3) is 0.529. The van der Waals surface area contributed by atoms with Crippen LogP contribution in [-0.4, -0.2) is 48.2 Å². The van der Waals surface area contributed by atoms with Crippen molar-refractivity contribution in [1.29, 1.82) is 5.26 Å². The van der Waals surface area contributed by atoms with Crippen LogP contribution in [0.4, 0.5) is 5.69 Å². The number of amides is 1. The Labute approximate surface area is 142 Å². The summed E-state index contributed by atoms with van der Waals surface area (Å²) in [6, 6.07) is 7.72. The van der Waals surface area contributed by atoms with Gasteiger partial charge in [-0.25, -0.2) is 0 Å². The standard InChI is InChI=1S/C17H22ClN3O2/c1-12(2)9-21(14-4-3-13(8-19)16(18)7-14)15-5-6-20(10-15)17(23)11-22/h3-4,7,12,15,22H,5-6,9-11H2,1-2H3. The zero-order valence-electron chi connectivity index (χ0n) is 13.5. The minimum Gasteiger partial charge on any atom is -0.387 e. The average Bonchev–Trinajstić information content (AvgIpc) is 3.01. The van der Waals surface area contributed by atoms with E-state index in [1.165, 1.54) is 0 Å². The largest absolute Gasteiger partial charge is 0.387 e. The zero-order chi connectivity index (χ0) is 17.0. The SMILES string of the molecule is CC(C)CN(c1ccc(C#N)c(Cl)c1)C1CCN(C(=O)CO)C1. The van der Waals surface area contributed by atoms with Crippen LogP contribution in [0.5, 0.6) is 0 Å². The lowest BCUT2D eigenvalue weighted by Crippen LogP contribution is -2.41. The fourth-order valence-corrected chi connectivity index (χ4v) is 3.17. The molecule has 1 aliphatic rings. The zero-order valence-corrected chi connectivity index (χ0v) is 14.3. The number of aliphatic hydroxyl groups is 1. The molecule has 23 heavy (non-hydrogen) atoms. The maximum atomic E-state index is 11.7. The van der Waals surface area contributed by atoms with E-state index in [0.29, 0.717) is 29.6 Å². The second-order valence-electron chi connectivity index (χ2n) is 6.26. The molecule has 2 rings (SSSR count). The Morgan fingerprint density at radius 2 is 2.30 bits per heavy atom. The van der Waals surface area contributed by atoms with Crippen LogP contribution in [0.2, 0.25) is 5.02 Å². The number of rotatable bonds is 5. The maximum Gasteiger partial charge on any atom is 0.248 e.